The second kappa shape index (κ2) is 17.1. The van der Waals surface area contributed by atoms with Gasteiger partial charge in [-0.05, 0) is 74.5 Å². The normalized spacial score (nSPS) is 18.6. The molecule has 0 unspecified atom stereocenters. The Morgan fingerprint density at radius 3 is 1.88 bits per heavy atom. The third-order valence-electron chi connectivity index (χ3n) is 8.97. The Balaban J connectivity index is 0.000000157. The number of hydrogen-bond acceptors (Lipinski definition) is 9. The van der Waals surface area contributed by atoms with Crippen molar-refractivity contribution in [2.75, 3.05) is 39.0 Å². The summed E-state index contributed by atoms with van der Waals surface area (Å²) < 4.78 is 62.2. The molecular weight excluding hydrogens is 682 g/mol. The van der Waals surface area contributed by atoms with Gasteiger partial charge >= 0.3 is 6.36 Å². The Labute approximate surface area is 296 Å². The lowest BCUT2D eigenvalue weighted by Gasteiger charge is -2.41. The minimum Gasteiger partial charge on any atom is -0.406 e. The minimum absolute atomic E-state index is 0.281. The molecule has 2 aromatic heterocycles. The Morgan fingerprint density at radius 2 is 1.35 bits per heavy atom. The highest BCUT2D eigenvalue weighted by molar-refractivity contribution is 7.89. The molecule has 7 rings (SSSR count). The van der Waals surface area contributed by atoms with Gasteiger partial charge in [0.25, 0.3) is 0 Å². The number of sulfonamides is 1. The number of nitrogen functional groups attached to an aromatic ring is 1. The molecule has 3 heterocycles. The first-order valence-corrected chi connectivity index (χ1v) is 18.2. The summed E-state index contributed by atoms with van der Waals surface area (Å²) >= 11 is 0. The first kappa shape index (κ1) is 37.7. The number of hydrogen-bond donors (Lipinski definition) is 2. The smallest absolute Gasteiger partial charge is 0.406 e. The maximum Gasteiger partial charge on any atom is 0.573 e. The first-order valence-electron chi connectivity index (χ1n) is 16.7. The van der Waals surface area contributed by atoms with E-state index in [9.17, 15) is 21.6 Å². The number of likely N-dealkylation sites (N-methyl/N-ethyl adjacent to an activating group) is 1. The van der Waals surface area contributed by atoms with E-state index in [2.05, 4.69) is 102 Å². The standard InChI is InChI=1S/C16H25N7.C13H12.C7H6F3NO3S/c1-21-6-8-22(9-7-21)12-2-4-13(5-3-12)23-16-14(10-20-23)15(17)18-11-19-16;1-3-7-12(8-4-1)11-13-9-5-2-6-10-13;8-7(9,10)14-5-1-3-6(4-2-5)15(11,12)13/h10-13H,2-9H2,1H3,(H2,17,18,19);1-10H,11H2;1-4H,(H2,11,12,13). The van der Waals surface area contributed by atoms with Gasteiger partial charge in [-0.3, -0.25) is 4.90 Å². The number of alkyl halides is 3. The third-order valence-corrected chi connectivity index (χ3v) is 9.90. The molecule has 15 heteroatoms. The number of anilines is 1. The van der Waals surface area contributed by atoms with Crippen LogP contribution in [0.5, 0.6) is 5.75 Å². The summed E-state index contributed by atoms with van der Waals surface area (Å²) in [5.41, 5.74) is 9.53. The molecule has 51 heavy (non-hydrogen) atoms. The zero-order valence-corrected chi connectivity index (χ0v) is 29.2. The molecule has 0 atom stereocenters. The molecule has 0 amide bonds. The summed E-state index contributed by atoms with van der Waals surface area (Å²) in [6.07, 6.45) is 4.38. The van der Waals surface area contributed by atoms with Gasteiger partial charge in [-0.25, -0.2) is 28.2 Å². The van der Waals surface area contributed by atoms with E-state index in [0.717, 1.165) is 60.6 Å². The van der Waals surface area contributed by atoms with Crippen LogP contribution in [-0.2, 0) is 16.4 Å². The van der Waals surface area contributed by atoms with Crippen LogP contribution in [0.4, 0.5) is 19.0 Å². The van der Waals surface area contributed by atoms with E-state index in [0.29, 0.717) is 11.9 Å². The molecule has 0 radical (unpaired) electrons. The van der Waals surface area contributed by atoms with Gasteiger partial charge in [0.15, 0.2) is 5.65 Å². The van der Waals surface area contributed by atoms with E-state index in [-0.39, 0.29) is 4.90 Å². The molecule has 0 bridgehead atoms. The minimum atomic E-state index is -4.80. The van der Waals surface area contributed by atoms with Gasteiger partial charge in [0.1, 0.15) is 17.9 Å². The van der Waals surface area contributed by atoms with Gasteiger partial charge < -0.3 is 15.4 Å². The fourth-order valence-corrected chi connectivity index (χ4v) is 6.78. The molecule has 2 aliphatic rings. The summed E-state index contributed by atoms with van der Waals surface area (Å²) in [6.45, 7) is 4.81. The van der Waals surface area contributed by atoms with Crippen molar-refractivity contribution in [3.05, 3.63) is 109 Å². The van der Waals surface area contributed by atoms with Crippen LogP contribution in [0.25, 0.3) is 11.0 Å². The van der Waals surface area contributed by atoms with Crippen molar-refractivity contribution < 1.29 is 26.3 Å². The average molecular weight is 725 g/mol. The summed E-state index contributed by atoms with van der Waals surface area (Å²) in [6, 6.07) is 25.8. The molecule has 1 saturated heterocycles. The van der Waals surface area contributed by atoms with Crippen molar-refractivity contribution in [3.8, 4) is 5.75 Å². The Hall–Kier alpha value is -4.57. The fourth-order valence-electron chi connectivity index (χ4n) is 6.26. The van der Waals surface area contributed by atoms with Crippen molar-refractivity contribution in [2.45, 2.75) is 55.4 Å². The highest BCUT2D eigenvalue weighted by atomic mass is 32.2. The summed E-state index contributed by atoms with van der Waals surface area (Å²) in [5, 5.41) is 10.2. The van der Waals surface area contributed by atoms with E-state index in [1.54, 1.807) is 6.20 Å². The van der Waals surface area contributed by atoms with Crippen LogP contribution in [0.1, 0.15) is 42.9 Å². The van der Waals surface area contributed by atoms with E-state index in [1.807, 2.05) is 0 Å². The number of fused-ring (bicyclic) bond motifs is 1. The van der Waals surface area contributed by atoms with Gasteiger partial charge in [-0.2, -0.15) is 5.10 Å². The molecule has 2 fully saturated rings. The number of primary sulfonamides is 1. The number of benzene rings is 3. The van der Waals surface area contributed by atoms with E-state index >= 15 is 0 Å². The molecule has 272 valence electrons. The number of piperazine rings is 1. The summed E-state index contributed by atoms with van der Waals surface area (Å²) in [4.78, 5) is 13.3. The fraction of sp³-hybridized carbons (Fsp3) is 0.361. The SMILES string of the molecule is CN1CCN(C2CCC(n3ncc4c(N)ncnc43)CC2)CC1.NS(=O)(=O)c1ccc(OC(F)(F)F)cc1.c1ccc(Cc2ccccc2)cc1. The number of aromatic nitrogens is 4. The number of nitrogens with two attached hydrogens (primary N) is 2. The lowest BCUT2D eigenvalue weighted by atomic mass is 9.90. The quantitative estimate of drug-likeness (QED) is 0.227. The van der Waals surface area contributed by atoms with Gasteiger partial charge in [0.05, 0.1) is 22.5 Å². The van der Waals surface area contributed by atoms with Gasteiger partial charge in [-0.1, -0.05) is 60.7 Å². The number of halogens is 3. The zero-order valence-electron chi connectivity index (χ0n) is 28.4. The average Bonchev–Trinajstić information content (AvgIpc) is 3.55. The second-order valence-electron chi connectivity index (χ2n) is 12.6. The molecule has 1 aliphatic carbocycles. The predicted molar refractivity (Wildman–Crippen MR) is 190 cm³/mol. The predicted octanol–water partition coefficient (Wildman–Crippen LogP) is 5.65. The van der Waals surface area contributed by atoms with E-state index in [4.69, 9.17) is 10.9 Å². The molecular formula is C36H43F3N8O3S. The molecule has 3 aromatic carbocycles. The van der Waals surface area contributed by atoms with E-state index in [1.165, 1.54) is 56.5 Å². The van der Waals surface area contributed by atoms with Crippen molar-refractivity contribution in [2.24, 2.45) is 5.14 Å². The maximum atomic E-state index is 11.7. The van der Waals surface area contributed by atoms with Crippen molar-refractivity contribution in [3.63, 3.8) is 0 Å². The third kappa shape index (κ3) is 11.2. The molecule has 5 aromatic rings. The Bertz CT molecular complexity index is 1880. The maximum absolute atomic E-state index is 11.7. The number of rotatable bonds is 6. The van der Waals surface area contributed by atoms with Crippen molar-refractivity contribution in [1.82, 2.24) is 29.5 Å². The Kier molecular flexibility index (Phi) is 12.6. The summed E-state index contributed by atoms with van der Waals surface area (Å²) in [7, 11) is -1.69. The van der Waals surface area contributed by atoms with Crippen molar-refractivity contribution >= 4 is 26.9 Å². The number of ether oxygens (including phenoxy) is 1. The van der Waals surface area contributed by atoms with Gasteiger partial charge in [-0.15, -0.1) is 13.2 Å². The van der Waals surface area contributed by atoms with Gasteiger partial charge in [0, 0.05) is 32.2 Å². The van der Waals surface area contributed by atoms with Crippen LogP contribution in [0.2, 0.25) is 0 Å². The largest absolute Gasteiger partial charge is 0.573 e. The van der Waals surface area contributed by atoms with Crippen LogP contribution < -0.4 is 15.6 Å². The highest BCUT2D eigenvalue weighted by Gasteiger charge is 2.31. The van der Waals surface area contributed by atoms with Crippen LogP contribution >= 0.6 is 0 Å². The van der Waals surface area contributed by atoms with Crippen LogP contribution in [-0.4, -0.2) is 83.6 Å². The molecule has 1 saturated carbocycles. The number of nitrogens with zero attached hydrogens (tertiary/aromatic N) is 6. The summed E-state index contributed by atoms with van der Waals surface area (Å²) in [5.74, 6) is 0.0160. The van der Waals surface area contributed by atoms with Crippen LogP contribution in [0.15, 0.2) is 102 Å². The Morgan fingerprint density at radius 1 is 0.804 bits per heavy atom. The topological polar surface area (TPSA) is 145 Å². The van der Waals surface area contributed by atoms with Crippen LogP contribution in [0, 0.1) is 0 Å². The molecule has 0 spiro atoms. The van der Waals surface area contributed by atoms with Gasteiger partial charge in [0.2, 0.25) is 10.0 Å². The lowest BCUT2D eigenvalue weighted by molar-refractivity contribution is -0.274. The monoisotopic (exact) mass is 724 g/mol. The molecule has 11 nitrogen and oxygen atoms in total. The zero-order chi connectivity index (χ0) is 36.4. The molecule has 1 aliphatic heterocycles. The second-order valence-corrected chi connectivity index (χ2v) is 14.2. The van der Waals surface area contributed by atoms with E-state index < -0.39 is 22.1 Å². The highest BCUT2D eigenvalue weighted by Crippen LogP contribution is 2.33. The lowest BCUT2D eigenvalue weighted by Crippen LogP contribution is -2.49. The van der Waals surface area contributed by atoms with Crippen LogP contribution in [0.3, 0.4) is 0 Å². The first-order chi connectivity index (χ1) is 24.4. The molecule has 4 N–H and O–H groups in total. The van der Waals surface area contributed by atoms with Crippen molar-refractivity contribution in [1.29, 1.82) is 0 Å².